The second-order valence-electron chi connectivity index (χ2n) is 4.17. The summed E-state index contributed by atoms with van der Waals surface area (Å²) in [7, 11) is 0. The summed E-state index contributed by atoms with van der Waals surface area (Å²) in [4.78, 5) is 0. The minimum Gasteiger partial charge on any atom is -0.381 e. The molecule has 0 N–H and O–H groups in total. The molecule has 0 aromatic rings. The first-order chi connectivity index (χ1) is 5.92. The Hall–Kier alpha value is -0.560. The van der Waals surface area contributed by atoms with Crippen LogP contribution in [0.15, 0.2) is 24.3 Å². The lowest BCUT2D eigenvalue weighted by atomic mass is 9.54. The van der Waals surface area contributed by atoms with Crippen LogP contribution in [0.5, 0.6) is 0 Å². The normalized spacial score (nSPS) is 49.3. The van der Waals surface area contributed by atoms with E-state index in [1.807, 2.05) is 0 Å². The molecule has 1 heterocycles. The molecule has 0 aromatic heterocycles. The van der Waals surface area contributed by atoms with Crippen LogP contribution in [-0.2, 0) is 4.74 Å². The third-order valence-corrected chi connectivity index (χ3v) is 3.75. The van der Waals surface area contributed by atoms with Crippen LogP contribution in [0.4, 0.5) is 0 Å². The molecule has 12 heavy (non-hydrogen) atoms. The van der Waals surface area contributed by atoms with Crippen molar-refractivity contribution in [3.63, 3.8) is 0 Å². The van der Waals surface area contributed by atoms with E-state index in [1.165, 1.54) is 12.8 Å². The first-order valence-corrected chi connectivity index (χ1v) is 4.86. The van der Waals surface area contributed by atoms with Gasteiger partial charge in [-0.15, -0.1) is 0 Å². The van der Waals surface area contributed by atoms with Gasteiger partial charge in [-0.1, -0.05) is 24.3 Å². The number of hydrogen-bond acceptors (Lipinski definition) is 1. The summed E-state index contributed by atoms with van der Waals surface area (Å²) in [5.41, 5.74) is 0.521. The van der Waals surface area contributed by atoms with Gasteiger partial charge in [-0.05, 0) is 18.8 Å². The standard InChI is InChI=1S/C11H14O/c1-2-9-4-5-11(9)6-7-12-8-10(11)3-1/h1,3-5,9-10H,2,6-8H2/t9-,10+,11-/m0/s1. The van der Waals surface area contributed by atoms with Crippen molar-refractivity contribution in [3.8, 4) is 0 Å². The molecule has 0 aromatic carbocycles. The van der Waals surface area contributed by atoms with E-state index in [4.69, 9.17) is 4.74 Å². The second-order valence-corrected chi connectivity index (χ2v) is 4.17. The molecule has 0 unspecified atom stereocenters. The third kappa shape index (κ3) is 0.680. The molecular formula is C11H14O. The van der Waals surface area contributed by atoms with Gasteiger partial charge in [0.05, 0.1) is 6.61 Å². The van der Waals surface area contributed by atoms with Gasteiger partial charge in [-0.25, -0.2) is 0 Å². The molecule has 0 saturated carbocycles. The van der Waals surface area contributed by atoms with Crippen molar-refractivity contribution in [1.82, 2.24) is 0 Å². The van der Waals surface area contributed by atoms with Crippen LogP contribution in [0.2, 0.25) is 0 Å². The predicted octanol–water partition coefficient (Wildman–Crippen LogP) is 2.16. The summed E-state index contributed by atoms with van der Waals surface area (Å²) < 4.78 is 5.50. The van der Waals surface area contributed by atoms with Crippen LogP contribution in [-0.4, -0.2) is 13.2 Å². The monoisotopic (exact) mass is 162 g/mol. The van der Waals surface area contributed by atoms with Crippen LogP contribution in [0.3, 0.4) is 0 Å². The van der Waals surface area contributed by atoms with Gasteiger partial charge >= 0.3 is 0 Å². The fraction of sp³-hybridized carbons (Fsp3) is 0.636. The molecule has 1 nitrogen and oxygen atoms in total. The zero-order valence-electron chi connectivity index (χ0n) is 7.20. The van der Waals surface area contributed by atoms with Gasteiger partial charge < -0.3 is 4.74 Å². The lowest BCUT2D eigenvalue weighted by Crippen LogP contribution is -2.47. The van der Waals surface area contributed by atoms with Gasteiger partial charge in [0.15, 0.2) is 0 Å². The molecule has 3 aliphatic rings. The van der Waals surface area contributed by atoms with E-state index in [0.29, 0.717) is 11.3 Å². The van der Waals surface area contributed by atoms with Crippen LogP contribution in [0.1, 0.15) is 12.8 Å². The van der Waals surface area contributed by atoms with Gasteiger partial charge in [0, 0.05) is 17.9 Å². The second kappa shape index (κ2) is 2.23. The largest absolute Gasteiger partial charge is 0.381 e. The highest BCUT2D eigenvalue weighted by Crippen LogP contribution is 2.54. The third-order valence-electron chi connectivity index (χ3n) is 3.75. The lowest BCUT2D eigenvalue weighted by molar-refractivity contribution is -0.0323. The maximum atomic E-state index is 5.50. The number of allylic oxidation sites excluding steroid dienone is 3. The zero-order valence-corrected chi connectivity index (χ0v) is 7.20. The van der Waals surface area contributed by atoms with E-state index in [9.17, 15) is 0 Å². The zero-order chi connectivity index (χ0) is 8.02. The summed E-state index contributed by atoms with van der Waals surface area (Å²) in [6.45, 7) is 1.91. The van der Waals surface area contributed by atoms with Gasteiger partial charge in [-0.3, -0.25) is 0 Å². The molecule has 3 rings (SSSR count). The molecule has 0 radical (unpaired) electrons. The molecule has 1 saturated heterocycles. The Kier molecular flexibility index (Phi) is 1.28. The van der Waals surface area contributed by atoms with Crippen molar-refractivity contribution in [3.05, 3.63) is 24.3 Å². The first kappa shape index (κ1) is 6.90. The summed E-state index contributed by atoms with van der Waals surface area (Å²) in [6.07, 6.45) is 12.0. The summed E-state index contributed by atoms with van der Waals surface area (Å²) in [5.74, 6) is 1.51. The highest BCUT2D eigenvalue weighted by Gasteiger charge is 2.48. The SMILES string of the molecule is C1=C[C@@H]2COCC[C@]23C=C[C@@H]3C1. The summed E-state index contributed by atoms with van der Waals surface area (Å²) in [5, 5.41) is 0. The molecule has 3 atom stereocenters. The van der Waals surface area contributed by atoms with E-state index < -0.39 is 0 Å². The fourth-order valence-corrected chi connectivity index (χ4v) is 2.87. The van der Waals surface area contributed by atoms with Gasteiger partial charge in [0.25, 0.3) is 0 Å². The minimum atomic E-state index is 0.521. The highest BCUT2D eigenvalue weighted by molar-refractivity contribution is 5.27. The van der Waals surface area contributed by atoms with E-state index >= 15 is 0 Å². The molecule has 1 fully saturated rings. The van der Waals surface area contributed by atoms with Crippen molar-refractivity contribution in [1.29, 1.82) is 0 Å². The van der Waals surface area contributed by atoms with E-state index in [2.05, 4.69) is 24.3 Å². The molecule has 2 aliphatic carbocycles. The lowest BCUT2D eigenvalue weighted by Gasteiger charge is -2.52. The van der Waals surface area contributed by atoms with Crippen molar-refractivity contribution in [2.75, 3.05) is 13.2 Å². The predicted molar refractivity (Wildman–Crippen MR) is 47.7 cm³/mol. The molecule has 1 aliphatic heterocycles. The fourth-order valence-electron chi connectivity index (χ4n) is 2.87. The van der Waals surface area contributed by atoms with E-state index in [-0.39, 0.29) is 0 Å². The topological polar surface area (TPSA) is 9.23 Å². The van der Waals surface area contributed by atoms with Crippen LogP contribution >= 0.6 is 0 Å². The highest BCUT2D eigenvalue weighted by atomic mass is 16.5. The quantitative estimate of drug-likeness (QED) is 0.496. The Morgan fingerprint density at radius 2 is 2.25 bits per heavy atom. The Morgan fingerprint density at radius 3 is 3.00 bits per heavy atom. The Balaban J connectivity index is 1.98. The molecule has 1 spiro atoms. The Bertz CT molecular complexity index is 252. The van der Waals surface area contributed by atoms with E-state index in [1.54, 1.807) is 0 Å². The van der Waals surface area contributed by atoms with Gasteiger partial charge in [0.2, 0.25) is 0 Å². The maximum Gasteiger partial charge on any atom is 0.0537 e. The van der Waals surface area contributed by atoms with Crippen LogP contribution in [0.25, 0.3) is 0 Å². The van der Waals surface area contributed by atoms with Crippen molar-refractivity contribution in [2.24, 2.45) is 17.3 Å². The average molecular weight is 162 g/mol. The summed E-state index contributed by atoms with van der Waals surface area (Å²) >= 11 is 0. The molecular weight excluding hydrogens is 148 g/mol. The van der Waals surface area contributed by atoms with Crippen LogP contribution < -0.4 is 0 Å². The Labute approximate surface area is 73.1 Å². The van der Waals surface area contributed by atoms with Gasteiger partial charge in [-0.2, -0.15) is 0 Å². The number of hydrogen-bond donors (Lipinski definition) is 0. The number of ether oxygens (including phenoxy) is 1. The molecule has 1 heteroatoms. The number of rotatable bonds is 0. The van der Waals surface area contributed by atoms with Crippen molar-refractivity contribution >= 4 is 0 Å². The van der Waals surface area contributed by atoms with Gasteiger partial charge in [0.1, 0.15) is 0 Å². The van der Waals surface area contributed by atoms with E-state index in [0.717, 1.165) is 19.1 Å². The molecule has 0 bridgehead atoms. The summed E-state index contributed by atoms with van der Waals surface area (Å²) in [6, 6.07) is 0. The molecule has 64 valence electrons. The average Bonchev–Trinajstić information content (AvgIpc) is 2.10. The van der Waals surface area contributed by atoms with Crippen LogP contribution in [0, 0.1) is 17.3 Å². The van der Waals surface area contributed by atoms with Crippen molar-refractivity contribution in [2.45, 2.75) is 12.8 Å². The van der Waals surface area contributed by atoms with Crippen molar-refractivity contribution < 1.29 is 4.74 Å². The molecule has 0 amide bonds. The first-order valence-electron chi connectivity index (χ1n) is 4.86. The smallest absolute Gasteiger partial charge is 0.0537 e. The maximum absolute atomic E-state index is 5.50. The Morgan fingerprint density at radius 1 is 1.25 bits per heavy atom. The minimum absolute atomic E-state index is 0.521.